The van der Waals surface area contributed by atoms with Gasteiger partial charge in [0, 0.05) is 106 Å². The zero-order valence-electron chi connectivity index (χ0n) is 60.7. The molecular formula is C77H95N11O16S2. The second-order valence-corrected chi connectivity index (χ2v) is 33.0. The first kappa shape index (κ1) is 77.8. The number of carboxylic acid groups (broad SMARTS) is 1. The van der Waals surface area contributed by atoms with Crippen molar-refractivity contribution in [2.45, 2.75) is 162 Å². The van der Waals surface area contributed by atoms with Gasteiger partial charge in [-0.1, -0.05) is 94.0 Å². The molecule has 7 amide bonds. The van der Waals surface area contributed by atoms with Gasteiger partial charge in [-0.05, 0) is 152 Å². The van der Waals surface area contributed by atoms with Gasteiger partial charge in [0.1, 0.15) is 18.2 Å². The molecule has 4 atom stereocenters. The fraction of sp³-hybridized carbons (Fsp3) is 0.506. The lowest BCUT2D eigenvalue weighted by Crippen LogP contribution is -2.64. The molecule has 12 rings (SSSR count). The number of aromatic carboxylic acids is 1. The van der Waals surface area contributed by atoms with E-state index in [1.807, 2.05) is 72.8 Å². The van der Waals surface area contributed by atoms with Crippen LogP contribution < -0.4 is 26.6 Å². The first-order chi connectivity index (χ1) is 50.5. The highest BCUT2D eigenvalue weighted by Crippen LogP contribution is 2.72. The number of ketones is 2. The highest BCUT2D eigenvalue weighted by atomic mass is 32.2. The van der Waals surface area contributed by atoms with E-state index in [2.05, 4.69) is 34.8 Å². The van der Waals surface area contributed by atoms with Crippen molar-refractivity contribution in [1.82, 2.24) is 40.2 Å². The van der Waals surface area contributed by atoms with Crippen molar-refractivity contribution in [1.29, 1.82) is 0 Å². The Morgan fingerprint density at radius 2 is 1.55 bits per heavy atom. The number of rotatable bonds is 37. The lowest BCUT2D eigenvalue weighted by molar-refractivity contribution is -0.250. The van der Waals surface area contributed by atoms with Gasteiger partial charge in [-0.25, -0.2) is 24.4 Å². The number of imide groups is 1. The van der Waals surface area contributed by atoms with E-state index >= 15 is 0 Å². The first-order valence-corrected chi connectivity index (χ1v) is 38.8. The zero-order valence-corrected chi connectivity index (χ0v) is 62.3. The third-order valence-electron chi connectivity index (χ3n) is 21.3. The summed E-state index contributed by atoms with van der Waals surface area (Å²) in [5.74, 6) is -4.33. The molecule has 2 unspecified atom stereocenters. The molecule has 0 spiro atoms. The Morgan fingerprint density at radius 3 is 2.25 bits per heavy atom. The molecule has 6 aromatic rings. The number of hydrogen-bond acceptors (Lipinski definition) is 19. The van der Waals surface area contributed by atoms with Crippen LogP contribution in [0.25, 0.3) is 21.3 Å². The standard InChI is InChI=1S/C77H95N11O16S2/c1-49(2)57(38-54(89)14-7-6-10-29-87-65(91)25-26-66(87)92)69(94)81-60(17-12-28-79-71(78)97)62(90)37-51-19-21-52(22-20-51)41-103-73(98)85(32-36-106(99,100)101)31-33-102-34-35-104-77-45-74(4)42-75(5,46-77)44-76(43-74,47-77)48-88-50(3)58(39-80-88)55-23-24-64(83-67(55)70(95)96)86-30-27-53-13-11-15-56(59(53)40-86)68(93)84-72-82-61-16-8-9-18-63(61)105-72/h8-9,11,13,15-16,18-26,39,49,57,60H,6-7,10,12,14,17,27-38,40-48H2,1-5H3,(H,81,94)(H,95,96)(H3,78,79,97)(H,82,84,93)(H,99,100,101)/t57-,60-,74?,75?,76?,77?/m0/s1. The number of para-hydroxylation sites is 1. The number of fused-ring (bicyclic) bond motifs is 2. The summed E-state index contributed by atoms with van der Waals surface area (Å²) >= 11 is 1.41. The van der Waals surface area contributed by atoms with E-state index in [9.17, 15) is 61.2 Å². The van der Waals surface area contributed by atoms with Crippen molar-refractivity contribution in [3.63, 3.8) is 0 Å². The van der Waals surface area contributed by atoms with Crippen LogP contribution in [0.1, 0.15) is 160 Å². The van der Waals surface area contributed by atoms with Crippen LogP contribution in [0, 0.1) is 35.0 Å². The maximum Gasteiger partial charge on any atom is 0.410 e. The van der Waals surface area contributed by atoms with Gasteiger partial charge in [0.25, 0.3) is 27.8 Å². The molecule has 3 aromatic carbocycles. The number of benzene rings is 3. The van der Waals surface area contributed by atoms with Crippen LogP contribution in [-0.2, 0) is 80.8 Å². The topological polar surface area (TPSA) is 371 Å². The van der Waals surface area contributed by atoms with E-state index in [0.717, 1.165) is 75.4 Å². The molecule has 6 aliphatic rings. The van der Waals surface area contributed by atoms with Gasteiger partial charge in [-0.2, -0.15) is 13.5 Å². The van der Waals surface area contributed by atoms with E-state index < -0.39 is 57.4 Å². The van der Waals surface area contributed by atoms with Crippen LogP contribution in [0.2, 0.25) is 0 Å². The second kappa shape index (κ2) is 33.2. The van der Waals surface area contributed by atoms with Crippen molar-refractivity contribution in [3.05, 3.63) is 136 Å². The Bertz CT molecular complexity index is 4390. The molecule has 0 radical (unpaired) electrons. The van der Waals surface area contributed by atoms with Crippen LogP contribution in [0.3, 0.4) is 0 Å². The van der Waals surface area contributed by atoms with Crippen molar-refractivity contribution in [2.24, 2.45) is 33.8 Å². The number of pyridine rings is 1. The molecule has 5 heterocycles. The van der Waals surface area contributed by atoms with E-state index in [0.29, 0.717) is 90.5 Å². The summed E-state index contributed by atoms with van der Waals surface area (Å²) in [6, 6.07) is 22.0. The van der Waals surface area contributed by atoms with Crippen molar-refractivity contribution in [3.8, 4) is 11.1 Å². The van der Waals surface area contributed by atoms with Crippen LogP contribution >= 0.6 is 11.3 Å². The monoisotopic (exact) mass is 1490 g/mol. The summed E-state index contributed by atoms with van der Waals surface area (Å²) in [5.41, 5.74) is 10.7. The fourth-order valence-electron chi connectivity index (χ4n) is 17.4. The minimum atomic E-state index is -4.47. The van der Waals surface area contributed by atoms with Crippen molar-refractivity contribution in [2.75, 3.05) is 68.5 Å². The largest absolute Gasteiger partial charge is 0.476 e. The second-order valence-electron chi connectivity index (χ2n) is 30.4. The number of Topliss-reactive ketones (excluding diaryl/α,β-unsaturated/α-hetero) is 2. The van der Waals surface area contributed by atoms with Gasteiger partial charge in [0.15, 0.2) is 16.6 Å². The van der Waals surface area contributed by atoms with Gasteiger partial charge < -0.3 is 45.5 Å². The van der Waals surface area contributed by atoms with Gasteiger partial charge in [-0.3, -0.25) is 48.2 Å². The molecule has 3 aromatic heterocycles. The van der Waals surface area contributed by atoms with Crippen molar-refractivity contribution >= 4 is 95.9 Å². The summed E-state index contributed by atoms with van der Waals surface area (Å²) in [6.45, 7) is 12.0. The summed E-state index contributed by atoms with van der Waals surface area (Å²) in [7, 11) is -4.47. The number of nitrogens with zero attached hydrogens (tertiary/aromatic N) is 7. The molecule has 106 heavy (non-hydrogen) atoms. The fourth-order valence-corrected chi connectivity index (χ4v) is 18.7. The summed E-state index contributed by atoms with van der Waals surface area (Å²) in [5, 5.41) is 24.5. The minimum Gasteiger partial charge on any atom is -0.476 e. The predicted molar refractivity (Wildman–Crippen MR) is 396 cm³/mol. The van der Waals surface area contributed by atoms with E-state index in [-0.39, 0.29) is 135 Å². The number of carbonyl (C=O) groups excluding carboxylic acids is 8. The Hall–Kier alpha value is -9.29. The number of hydrogen-bond donors (Lipinski definition) is 6. The molecule has 4 aliphatic carbocycles. The van der Waals surface area contributed by atoms with Crippen molar-refractivity contribution < 1.29 is 75.4 Å². The molecule has 27 nitrogen and oxygen atoms in total. The highest BCUT2D eigenvalue weighted by molar-refractivity contribution is 7.85. The average molecular weight is 1490 g/mol. The van der Waals surface area contributed by atoms with E-state index in [1.165, 1.54) is 23.5 Å². The number of carbonyl (C=O) groups is 9. The molecular weight excluding hydrogens is 1400 g/mol. The molecule has 4 saturated carbocycles. The Kier molecular flexibility index (Phi) is 24.4. The van der Waals surface area contributed by atoms with Crippen LogP contribution in [0.5, 0.6) is 0 Å². The number of unbranched alkanes of at least 4 members (excludes halogenated alkanes) is 2. The van der Waals surface area contributed by atoms with Crippen LogP contribution in [0.4, 0.5) is 20.5 Å². The zero-order chi connectivity index (χ0) is 75.7. The summed E-state index contributed by atoms with van der Waals surface area (Å²) in [6.07, 6.45) is 11.6. The third-order valence-corrected chi connectivity index (χ3v) is 22.9. The van der Waals surface area contributed by atoms with E-state index in [1.54, 1.807) is 42.6 Å². The Labute approximate surface area is 620 Å². The van der Waals surface area contributed by atoms with E-state index in [4.69, 9.17) is 30.0 Å². The van der Waals surface area contributed by atoms with Crippen LogP contribution in [0.15, 0.2) is 97.2 Å². The van der Waals surface area contributed by atoms with Crippen LogP contribution in [-0.4, -0.2) is 171 Å². The number of nitrogens with two attached hydrogens (primary N) is 1. The quantitative estimate of drug-likeness (QED) is 0.0120. The number of thiazole rings is 1. The van der Waals surface area contributed by atoms with Gasteiger partial charge in [0.05, 0.1) is 53.6 Å². The normalized spacial score (nSPS) is 20.7. The molecule has 4 bridgehead atoms. The molecule has 0 saturated heterocycles. The lowest BCUT2D eigenvalue weighted by Gasteiger charge is -2.69. The number of anilines is 2. The molecule has 566 valence electrons. The number of nitrogens with one attached hydrogen (secondary N) is 3. The SMILES string of the molecule is Cc1c(-c2ccc(N3CCc4cccc(C(=O)Nc5nc6ccccc6s5)c4C3)nc2C(=O)O)cnn1CC12CC3(C)CC(C)(C1)CC(OCCOCCN(CCS(=O)(=O)O)C(=O)OCc1ccc(CC(=O)[C@H](CCCNC(N)=O)NC(=O)[C@@H](CC(=O)CCCCCN4C(=O)C=CC4=O)C(C)C)cc1)(C3)C2. The number of carboxylic acids is 1. The third kappa shape index (κ3) is 19.5. The average Bonchev–Trinajstić information content (AvgIpc) is 0.909. The number of amides is 7. The lowest BCUT2D eigenvalue weighted by atomic mass is 9.39. The smallest absolute Gasteiger partial charge is 0.410 e. The number of primary amides is 1. The summed E-state index contributed by atoms with van der Waals surface area (Å²) in [4.78, 5) is 130. The molecule has 29 heteroatoms. The molecule has 4 fully saturated rings. The Balaban J connectivity index is 0.658. The summed E-state index contributed by atoms with van der Waals surface area (Å²) < 4.78 is 55.1. The molecule has 7 N–H and O–H groups in total. The minimum absolute atomic E-state index is 0.00338. The maximum absolute atomic E-state index is 14.0. The number of urea groups is 1. The van der Waals surface area contributed by atoms with Gasteiger partial charge in [-0.15, -0.1) is 0 Å². The maximum atomic E-state index is 14.0. The highest BCUT2D eigenvalue weighted by Gasteiger charge is 2.66. The molecule has 2 aliphatic heterocycles. The Morgan fingerprint density at radius 1 is 0.811 bits per heavy atom. The van der Waals surface area contributed by atoms with Gasteiger partial charge >= 0.3 is 18.1 Å². The first-order valence-electron chi connectivity index (χ1n) is 36.3. The number of ether oxygens (including phenoxy) is 3. The predicted octanol–water partition coefficient (Wildman–Crippen LogP) is 9.82. The number of aromatic nitrogens is 4. The van der Waals surface area contributed by atoms with Gasteiger partial charge in [0.2, 0.25) is 5.91 Å².